The highest BCUT2D eigenvalue weighted by Gasteiger charge is 2.14. The van der Waals surface area contributed by atoms with Crippen LogP contribution in [-0.4, -0.2) is 9.78 Å². The van der Waals surface area contributed by atoms with Gasteiger partial charge in [0.15, 0.2) is 0 Å². The number of hydrogen-bond donors (Lipinski definition) is 1. The van der Waals surface area contributed by atoms with Gasteiger partial charge in [0.05, 0.1) is 11.4 Å². The maximum Gasteiger partial charge on any atom is 0.130 e. The minimum Gasteiger partial charge on any atom is -0.324 e. The zero-order chi connectivity index (χ0) is 11.7. The van der Waals surface area contributed by atoms with E-state index in [0.29, 0.717) is 11.3 Å². The van der Waals surface area contributed by atoms with Gasteiger partial charge in [-0.1, -0.05) is 6.07 Å². The smallest absolute Gasteiger partial charge is 0.130 e. The molecule has 4 heteroatoms. The van der Waals surface area contributed by atoms with E-state index in [4.69, 9.17) is 5.73 Å². The quantitative estimate of drug-likeness (QED) is 0.842. The van der Waals surface area contributed by atoms with E-state index >= 15 is 0 Å². The standard InChI is InChI=1S/C12H14FN3/c1-8-6-7-16(15-8)11-5-3-4-10(13)12(11)9(2)14/h3-7,9H,14H2,1-2H3. The first-order valence-electron chi connectivity index (χ1n) is 5.16. The van der Waals surface area contributed by atoms with E-state index < -0.39 is 0 Å². The van der Waals surface area contributed by atoms with Crippen LogP contribution in [0.1, 0.15) is 24.2 Å². The predicted molar refractivity (Wildman–Crippen MR) is 60.9 cm³/mol. The minimum atomic E-state index is -0.360. The first-order valence-corrected chi connectivity index (χ1v) is 5.16. The lowest BCUT2D eigenvalue weighted by Gasteiger charge is -2.13. The van der Waals surface area contributed by atoms with Gasteiger partial charge in [-0.2, -0.15) is 5.10 Å². The highest BCUT2D eigenvalue weighted by atomic mass is 19.1. The third kappa shape index (κ3) is 1.84. The summed E-state index contributed by atoms with van der Waals surface area (Å²) in [5, 5.41) is 4.26. The van der Waals surface area contributed by atoms with Crippen LogP contribution in [0.4, 0.5) is 4.39 Å². The van der Waals surface area contributed by atoms with Gasteiger partial charge in [-0.05, 0) is 32.0 Å². The lowest BCUT2D eigenvalue weighted by molar-refractivity contribution is 0.589. The molecule has 2 rings (SSSR count). The summed E-state index contributed by atoms with van der Waals surface area (Å²) >= 11 is 0. The molecule has 1 atom stereocenters. The van der Waals surface area contributed by atoms with Crippen LogP contribution in [0.25, 0.3) is 5.69 Å². The predicted octanol–water partition coefficient (Wildman–Crippen LogP) is 2.34. The summed E-state index contributed by atoms with van der Waals surface area (Å²) in [6.07, 6.45) is 1.80. The second kappa shape index (κ2) is 4.06. The molecule has 0 aliphatic rings. The van der Waals surface area contributed by atoms with Crippen LogP contribution in [0.2, 0.25) is 0 Å². The maximum absolute atomic E-state index is 13.7. The van der Waals surface area contributed by atoms with Crippen molar-refractivity contribution in [2.45, 2.75) is 19.9 Å². The number of halogens is 1. The molecule has 3 nitrogen and oxygen atoms in total. The van der Waals surface area contributed by atoms with E-state index in [0.717, 1.165) is 5.69 Å². The number of aromatic nitrogens is 2. The van der Waals surface area contributed by atoms with Crippen molar-refractivity contribution in [1.29, 1.82) is 0 Å². The highest BCUT2D eigenvalue weighted by molar-refractivity contribution is 5.43. The molecule has 0 saturated heterocycles. The maximum atomic E-state index is 13.7. The van der Waals surface area contributed by atoms with Crippen molar-refractivity contribution in [2.75, 3.05) is 0 Å². The summed E-state index contributed by atoms with van der Waals surface area (Å²) in [7, 11) is 0. The fraction of sp³-hybridized carbons (Fsp3) is 0.250. The average molecular weight is 219 g/mol. The van der Waals surface area contributed by atoms with E-state index in [9.17, 15) is 4.39 Å². The molecule has 2 N–H and O–H groups in total. The first-order chi connectivity index (χ1) is 7.59. The van der Waals surface area contributed by atoms with Crippen LogP contribution in [0.3, 0.4) is 0 Å². The van der Waals surface area contributed by atoms with Crippen molar-refractivity contribution in [3.05, 3.63) is 47.5 Å². The molecular formula is C12H14FN3. The molecule has 16 heavy (non-hydrogen) atoms. The highest BCUT2D eigenvalue weighted by Crippen LogP contribution is 2.22. The van der Waals surface area contributed by atoms with Crippen LogP contribution < -0.4 is 5.73 Å². The van der Waals surface area contributed by atoms with Gasteiger partial charge in [-0.15, -0.1) is 0 Å². The second-order valence-electron chi connectivity index (χ2n) is 3.86. The lowest BCUT2D eigenvalue weighted by Crippen LogP contribution is -2.12. The summed E-state index contributed by atoms with van der Waals surface area (Å²) < 4.78 is 15.3. The third-order valence-corrected chi connectivity index (χ3v) is 2.45. The van der Waals surface area contributed by atoms with Crippen molar-refractivity contribution in [2.24, 2.45) is 5.73 Å². The Labute approximate surface area is 93.7 Å². The van der Waals surface area contributed by atoms with Gasteiger partial charge in [0.25, 0.3) is 0 Å². The first kappa shape index (κ1) is 10.8. The number of rotatable bonds is 2. The van der Waals surface area contributed by atoms with E-state index in [1.807, 2.05) is 19.1 Å². The monoisotopic (exact) mass is 219 g/mol. The number of nitrogens with zero attached hydrogens (tertiary/aromatic N) is 2. The van der Waals surface area contributed by atoms with Crippen LogP contribution in [0.15, 0.2) is 30.5 Å². The molecular weight excluding hydrogens is 205 g/mol. The molecule has 0 radical (unpaired) electrons. The normalized spacial score (nSPS) is 12.8. The molecule has 0 bridgehead atoms. The van der Waals surface area contributed by atoms with Gasteiger partial charge < -0.3 is 5.73 Å². The van der Waals surface area contributed by atoms with Crippen LogP contribution in [-0.2, 0) is 0 Å². The zero-order valence-electron chi connectivity index (χ0n) is 9.31. The van der Waals surface area contributed by atoms with E-state index in [1.165, 1.54) is 6.07 Å². The van der Waals surface area contributed by atoms with Crippen molar-refractivity contribution in [3.8, 4) is 5.69 Å². The molecule has 0 spiro atoms. The Morgan fingerprint density at radius 1 is 1.38 bits per heavy atom. The number of aryl methyl sites for hydroxylation is 1. The Morgan fingerprint density at radius 3 is 2.69 bits per heavy atom. The Morgan fingerprint density at radius 2 is 2.12 bits per heavy atom. The lowest BCUT2D eigenvalue weighted by atomic mass is 10.1. The van der Waals surface area contributed by atoms with Gasteiger partial charge in [0, 0.05) is 17.8 Å². The summed E-state index contributed by atoms with van der Waals surface area (Å²) in [5.74, 6) is -0.291. The molecule has 1 aromatic carbocycles. The van der Waals surface area contributed by atoms with Crippen molar-refractivity contribution >= 4 is 0 Å². The number of benzene rings is 1. The van der Waals surface area contributed by atoms with E-state index in [1.54, 1.807) is 23.9 Å². The Hall–Kier alpha value is -1.68. The van der Waals surface area contributed by atoms with Gasteiger partial charge >= 0.3 is 0 Å². The van der Waals surface area contributed by atoms with E-state index in [-0.39, 0.29) is 11.9 Å². The summed E-state index contributed by atoms with van der Waals surface area (Å²) in [6.45, 7) is 3.65. The summed E-state index contributed by atoms with van der Waals surface area (Å²) in [5.41, 5.74) is 7.86. The molecule has 0 fully saturated rings. The largest absolute Gasteiger partial charge is 0.324 e. The van der Waals surface area contributed by atoms with Crippen LogP contribution in [0.5, 0.6) is 0 Å². The minimum absolute atomic E-state index is 0.291. The molecule has 1 aromatic heterocycles. The van der Waals surface area contributed by atoms with Crippen molar-refractivity contribution < 1.29 is 4.39 Å². The fourth-order valence-electron chi connectivity index (χ4n) is 1.73. The topological polar surface area (TPSA) is 43.8 Å². The fourth-order valence-corrected chi connectivity index (χ4v) is 1.73. The molecule has 84 valence electrons. The molecule has 2 aromatic rings. The Kier molecular flexibility index (Phi) is 2.75. The molecule has 1 heterocycles. The van der Waals surface area contributed by atoms with Gasteiger partial charge in [0.1, 0.15) is 5.82 Å². The Balaban J connectivity index is 2.60. The summed E-state index contributed by atoms with van der Waals surface area (Å²) in [6, 6.07) is 6.40. The molecule has 0 aliphatic heterocycles. The summed E-state index contributed by atoms with van der Waals surface area (Å²) in [4.78, 5) is 0. The van der Waals surface area contributed by atoms with Crippen molar-refractivity contribution in [1.82, 2.24) is 9.78 Å². The molecule has 0 saturated carbocycles. The van der Waals surface area contributed by atoms with E-state index in [2.05, 4.69) is 5.10 Å². The molecule has 1 unspecified atom stereocenters. The number of hydrogen-bond acceptors (Lipinski definition) is 2. The zero-order valence-corrected chi connectivity index (χ0v) is 9.31. The number of nitrogens with two attached hydrogens (primary N) is 1. The van der Waals surface area contributed by atoms with Crippen molar-refractivity contribution in [3.63, 3.8) is 0 Å². The third-order valence-electron chi connectivity index (χ3n) is 2.45. The van der Waals surface area contributed by atoms with Gasteiger partial charge in [0.2, 0.25) is 0 Å². The van der Waals surface area contributed by atoms with Gasteiger partial charge in [-0.25, -0.2) is 9.07 Å². The Bertz CT molecular complexity index is 503. The average Bonchev–Trinajstić information content (AvgIpc) is 2.63. The van der Waals surface area contributed by atoms with Crippen LogP contribution >= 0.6 is 0 Å². The van der Waals surface area contributed by atoms with Gasteiger partial charge in [-0.3, -0.25) is 0 Å². The SMILES string of the molecule is Cc1ccn(-c2cccc(F)c2C(C)N)n1. The molecule has 0 amide bonds. The van der Waals surface area contributed by atoms with Crippen LogP contribution in [0, 0.1) is 12.7 Å². The molecule has 0 aliphatic carbocycles. The second-order valence-corrected chi connectivity index (χ2v) is 3.86.